The van der Waals surface area contributed by atoms with E-state index in [0.717, 1.165) is 5.56 Å². The maximum atomic E-state index is 12.8. The normalized spacial score (nSPS) is 15.2. The van der Waals surface area contributed by atoms with Crippen LogP contribution in [-0.2, 0) is 9.59 Å². The first kappa shape index (κ1) is 26.1. The molecule has 0 saturated carbocycles. The molecular weight excluding hydrogens is 520 g/mol. The number of nitro groups is 1. The third-order valence-corrected chi connectivity index (χ3v) is 6.89. The van der Waals surface area contributed by atoms with Crippen LogP contribution in [0.25, 0.3) is 6.08 Å². The van der Waals surface area contributed by atoms with Crippen molar-refractivity contribution in [1.29, 1.82) is 0 Å². The number of nitrogens with one attached hydrogen (secondary N) is 2. The number of hydrogen-bond donors (Lipinski definition) is 2. The fourth-order valence-corrected chi connectivity index (χ4v) is 4.97. The molecule has 2 N–H and O–H groups in total. The van der Waals surface area contributed by atoms with Crippen molar-refractivity contribution in [3.63, 3.8) is 0 Å². The summed E-state index contributed by atoms with van der Waals surface area (Å²) in [4.78, 5) is 49.4. The third kappa shape index (κ3) is 6.43. The lowest BCUT2D eigenvalue weighted by molar-refractivity contribution is -0.385. The van der Waals surface area contributed by atoms with Gasteiger partial charge in [0.2, 0.25) is 12.7 Å². The number of benzene rings is 2. The van der Waals surface area contributed by atoms with Crippen LogP contribution >= 0.6 is 24.0 Å². The highest BCUT2D eigenvalue weighted by molar-refractivity contribution is 8.26. The number of amides is 3. The molecule has 0 unspecified atom stereocenters. The van der Waals surface area contributed by atoms with E-state index >= 15 is 0 Å². The van der Waals surface area contributed by atoms with E-state index in [2.05, 4.69) is 10.9 Å². The van der Waals surface area contributed by atoms with Gasteiger partial charge in [-0.15, -0.1) is 0 Å². The van der Waals surface area contributed by atoms with Crippen LogP contribution in [0.3, 0.4) is 0 Å². The van der Waals surface area contributed by atoms with E-state index in [1.165, 1.54) is 36.0 Å². The molecule has 11 nitrogen and oxygen atoms in total. The van der Waals surface area contributed by atoms with Gasteiger partial charge in [0, 0.05) is 19.0 Å². The largest absolute Gasteiger partial charge is 0.454 e. The molecule has 2 aliphatic rings. The number of carbonyl (C=O) groups is 3. The molecule has 1 fully saturated rings. The Hall–Kier alpha value is -3.97. The van der Waals surface area contributed by atoms with E-state index in [4.69, 9.17) is 21.7 Å². The summed E-state index contributed by atoms with van der Waals surface area (Å²) in [5, 5.41) is 11.0. The zero-order valence-electron chi connectivity index (χ0n) is 19.4. The lowest BCUT2D eigenvalue weighted by Crippen LogP contribution is -2.41. The Bertz CT molecular complexity index is 1300. The van der Waals surface area contributed by atoms with Crippen molar-refractivity contribution < 1.29 is 28.8 Å². The standard InChI is InChI=1S/C24H22N4O7S2/c29-21(25-26-22(30)16-6-3-4-7-17(16)28(32)33)8-2-1-5-11-27-23(31)20(37-24(27)36)13-15-9-10-18-19(12-15)35-14-34-18/h3-4,6-7,9-10,12-13H,1-2,5,8,11,14H2,(H,25,29)(H,26,30). The van der Waals surface area contributed by atoms with Crippen LogP contribution in [0.5, 0.6) is 11.5 Å². The van der Waals surface area contributed by atoms with Gasteiger partial charge >= 0.3 is 0 Å². The number of carbonyl (C=O) groups excluding carboxylic acids is 3. The van der Waals surface area contributed by atoms with Crippen LogP contribution in [-0.4, -0.2) is 45.2 Å². The Kier molecular flexibility index (Phi) is 8.36. The van der Waals surface area contributed by atoms with Crippen LogP contribution in [0, 0.1) is 10.1 Å². The first-order valence-corrected chi connectivity index (χ1v) is 12.5. The number of rotatable bonds is 9. The zero-order valence-corrected chi connectivity index (χ0v) is 21.1. The first-order chi connectivity index (χ1) is 17.8. The molecule has 0 spiro atoms. The lowest BCUT2D eigenvalue weighted by atomic mass is 10.1. The van der Waals surface area contributed by atoms with E-state index in [1.54, 1.807) is 17.0 Å². The smallest absolute Gasteiger partial charge is 0.282 e. The molecule has 2 aliphatic heterocycles. The van der Waals surface area contributed by atoms with Crippen LogP contribution in [0.1, 0.15) is 41.6 Å². The topological polar surface area (TPSA) is 140 Å². The first-order valence-electron chi connectivity index (χ1n) is 11.3. The molecule has 13 heteroatoms. The predicted molar refractivity (Wildman–Crippen MR) is 140 cm³/mol. The van der Waals surface area contributed by atoms with Crippen molar-refractivity contribution in [1.82, 2.24) is 15.8 Å². The van der Waals surface area contributed by atoms with Gasteiger partial charge in [-0.2, -0.15) is 0 Å². The van der Waals surface area contributed by atoms with Crippen LogP contribution in [0.15, 0.2) is 47.4 Å². The van der Waals surface area contributed by atoms with Crippen LogP contribution < -0.4 is 20.3 Å². The van der Waals surface area contributed by atoms with Crippen molar-refractivity contribution in [2.75, 3.05) is 13.3 Å². The van der Waals surface area contributed by atoms with Gasteiger partial charge in [0.05, 0.1) is 9.83 Å². The second-order valence-electron chi connectivity index (χ2n) is 8.03. The molecule has 0 radical (unpaired) electrons. The van der Waals surface area contributed by atoms with Crippen molar-refractivity contribution in [3.8, 4) is 11.5 Å². The number of nitro benzene ring substituents is 1. The summed E-state index contributed by atoms with van der Waals surface area (Å²) in [6.07, 6.45) is 3.72. The average Bonchev–Trinajstić information content (AvgIpc) is 3.46. The summed E-state index contributed by atoms with van der Waals surface area (Å²) in [7, 11) is 0. The van der Waals surface area contributed by atoms with Crippen molar-refractivity contribution in [2.24, 2.45) is 0 Å². The highest BCUT2D eigenvalue weighted by Crippen LogP contribution is 2.36. The van der Waals surface area contributed by atoms with E-state index in [1.807, 2.05) is 12.1 Å². The summed E-state index contributed by atoms with van der Waals surface area (Å²) in [6, 6.07) is 10.9. The molecule has 0 bridgehead atoms. The van der Waals surface area contributed by atoms with Gasteiger partial charge < -0.3 is 9.47 Å². The van der Waals surface area contributed by atoms with Crippen molar-refractivity contribution in [2.45, 2.75) is 25.7 Å². The molecule has 4 rings (SSSR count). The Morgan fingerprint density at radius 3 is 2.70 bits per heavy atom. The Labute approximate surface area is 221 Å². The molecule has 37 heavy (non-hydrogen) atoms. The monoisotopic (exact) mass is 542 g/mol. The average molecular weight is 543 g/mol. The Balaban J connectivity index is 1.18. The number of ether oxygens (including phenoxy) is 2. The van der Waals surface area contributed by atoms with Gasteiger partial charge in [-0.3, -0.25) is 40.2 Å². The molecule has 0 aromatic heterocycles. The number of thiocarbonyl (C=S) groups is 1. The highest BCUT2D eigenvalue weighted by Gasteiger charge is 2.31. The fourth-order valence-electron chi connectivity index (χ4n) is 3.66. The number of fused-ring (bicyclic) bond motifs is 1. The van der Waals surface area contributed by atoms with Gasteiger partial charge in [-0.1, -0.05) is 48.6 Å². The summed E-state index contributed by atoms with van der Waals surface area (Å²) >= 11 is 6.61. The van der Waals surface area contributed by atoms with Crippen LogP contribution in [0.2, 0.25) is 0 Å². The Morgan fingerprint density at radius 1 is 1.11 bits per heavy atom. The molecule has 2 heterocycles. The maximum absolute atomic E-state index is 12.8. The molecule has 0 aliphatic carbocycles. The van der Waals surface area contributed by atoms with Gasteiger partial charge in [0.15, 0.2) is 11.5 Å². The quantitative estimate of drug-likeness (QED) is 0.160. The van der Waals surface area contributed by atoms with E-state index < -0.39 is 16.7 Å². The lowest BCUT2D eigenvalue weighted by Gasteiger charge is -2.14. The number of unbranched alkanes of at least 4 members (excludes halogenated alkanes) is 2. The van der Waals surface area contributed by atoms with Gasteiger partial charge in [-0.05, 0) is 42.7 Å². The van der Waals surface area contributed by atoms with Crippen molar-refractivity contribution >= 4 is 57.8 Å². The Morgan fingerprint density at radius 2 is 1.89 bits per heavy atom. The molecule has 3 amide bonds. The second kappa shape index (κ2) is 11.8. The van der Waals surface area contributed by atoms with E-state index in [-0.39, 0.29) is 30.4 Å². The summed E-state index contributed by atoms with van der Waals surface area (Å²) in [5.74, 6) is -0.0636. The number of thioether (sulfide) groups is 1. The van der Waals surface area contributed by atoms with Crippen LogP contribution in [0.4, 0.5) is 5.69 Å². The number of hydrogen-bond acceptors (Lipinski definition) is 9. The van der Waals surface area contributed by atoms with E-state index in [0.29, 0.717) is 46.5 Å². The highest BCUT2D eigenvalue weighted by atomic mass is 32.2. The molecule has 1 saturated heterocycles. The summed E-state index contributed by atoms with van der Waals surface area (Å²) in [6.45, 7) is 0.606. The summed E-state index contributed by atoms with van der Waals surface area (Å²) < 4.78 is 11.2. The van der Waals surface area contributed by atoms with Gasteiger partial charge in [0.25, 0.3) is 17.5 Å². The molecular formula is C24H22N4O7S2. The molecule has 2 aromatic carbocycles. The molecule has 192 valence electrons. The summed E-state index contributed by atoms with van der Waals surface area (Å²) in [5.41, 5.74) is 4.77. The second-order valence-corrected chi connectivity index (χ2v) is 9.71. The number of para-hydroxylation sites is 1. The molecule has 0 atom stereocenters. The molecule has 2 aromatic rings. The third-order valence-electron chi connectivity index (χ3n) is 5.51. The number of hydrazine groups is 1. The minimum Gasteiger partial charge on any atom is -0.454 e. The van der Waals surface area contributed by atoms with Crippen molar-refractivity contribution in [3.05, 3.63) is 68.6 Å². The minimum absolute atomic E-state index is 0.138. The maximum Gasteiger partial charge on any atom is 0.282 e. The van der Waals surface area contributed by atoms with Gasteiger partial charge in [0.1, 0.15) is 9.88 Å². The fraction of sp³-hybridized carbons (Fsp3) is 0.250. The minimum atomic E-state index is -0.774. The SMILES string of the molecule is O=C(CCCCCN1C(=O)C(=Cc2ccc3c(c2)OCO3)SC1=S)NNC(=O)c1ccccc1[N+](=O)[O-]. The zero-order chi connectivity index (χ0) is 26.4. The predicted octanol–water partition coefficient (Wildman–Crippen LogP) is 3.55. The van der Waals surface area contributed by atoms with E-state index in [9.17, 15) is 24.5 Å². The number of nitrogens with zero attached hydrogens (tertiary/aromatic N) is 2. The van der Waals surface area contributed by atoms with Gasteiger partial charge in [-0.25, -0.2) is 0 Å².